The summed E-state index contributed by atoms with van der Waals surface area (Å²) in [4.78, 5) is 0. The topological polar surface area (TPSA) is 35.5 Å². The molecule has 1 rings (SSSR count). The van der Waals surface area contributed by atoms with Crippen LogP contribution in [0.2, 0.25) is 0 Å². The fourth-order valence-corrected chi connectivity index (χ4v) is 1.02. The minimum Gasteiger partial charge on any atom is -0.266 e. The fraction of sp³-hybridized carbons (Fsp3) is 1.00. The van der Waals surface area contributed by atoms with E-state index in [1.807, 2.05) is 6.92 Å². The van der Waals surface area contributed by atoms with Crippen molar-refractivity contribution in [1.29, 1.82) is 0 Å². The Balaban J connectivity index is 2.40. The molecule has 0 aromatic carbocycles. The van der Waals surface area contributed by atoms with Gasteiger partial charge >= 0.3 is 11.4 Å². The van der Waals surface area contributed by atoms with Crippen LogP contribution in [0.5, 0.6) is 0 Å². The predicted octanol–water partition coefficient (Wildman–Crippen LogP) is 0.000400. The second-order valence-corrected chi connectivity index (χ2v) is 2.23. The molecule has 0 bridgehead atoms. The van der Waals surface area contributed by atoms with Crippen molar-refractivity contribution in [1.82, 2.24) is 0 Å². The van der Waals surface area contributed by atoms with Gasteiger partial charge in [-0.15, -0.1) is 0 Å². The summed E-state index contributed by atoms with van der Waals surface area (Å²) in [5, 5.41) is 0. The molecule has 0 saturated carbocycles. The molecule has 0 unspecified atom stereocenters. The molecule has 1 heterocycles. The van der Waals surface area contributed by atoms with E-state index in [9.17, 15) is 4.21 Å². The summed E-state index contributed by atoms with van der Waals surface area (Å²) < 4.78 is 19.2. The Morgan fingerprint density at radius 1 is 1.86 bits per heavy atom. The Hall–Kier alpha value is 0.0700. The van der Waals surface area contributed by atoms with Crippen LogP contribution < -0.4 is 0 Å². The molecule has 0 aromatic rings. The van der Waals surface area contributed by atoms with Gasteiger partial charge in [0.1, 0.15) is 0 Å². The van der Waals surface area contributed by atoms with E-state index in [-0.39, 0.29) is 6.10 Å². The largest absolute Gasteiger partial charge is 0.305 e. The highest BCUT2D eigenvalue weighted by Crippen LogP contribution is 2.05. The van der Waals surface area contributed by atoms with Crippen molar-refractivity contribution in [2.75, 3.05) is 6.61 Å². The summed E-state index contributed by atoms with van der Waals surface area (Å²) in [6, 6.07) is 0. The van der Waals surface area contributed by atoms with E-state index in [0.717, 1.165) is 0 Å². The molecule has 1 aliphatic heterocycles. The van der Waals surface area contributed by atoms with Gasteiger partial charge in [0.25, 0.3) is 0 Å². The number of hydrogen-bond acceptors (Lipinski definition) is 3. The standard InChI is InChI=1S/C3H6O3S/c1-3-2-5-7(4)6-3/h3H,2H2,1H3/t3-,7-/m0/s1. The molecule has 42 valence electrons. The molecule has 1 aliphatic rings. The predicted molar refractivity (Wildman–Crippen MR) is 24.6 cm³/mol. The minimum absolute atomic E-state index is 0.000772. The highest BCUT2D eigenvalue weighted by atomic mass is 32.2. The third-order valence-corrected chi connectivity index (χ3v) is 1.46. The zero-order valence-electron chi connectivity index (χ0n) is 3.92. The first kappa shape index (κ1) is 5.21. The maximum absolute atomic E-state index is 10.1. The fourth-order valence-electron chi connectivity index (χ4n) is 0.341. The van der Waals surface area contributed by atoms with Crippen LogP contribution in [0.4, 0.5) is 0 Å². The van der Waals surface area contributed by atoms with Crippen molar-refractivity contribution in [3.8, 4) is 0 Å². The quantitative estimate of drug-likeness (QED) is 0.453. The molecule has 0 aliphatic carbocycles. The normalized spacial score (nSPS) is 41.9. The summed E-state index contributed by atoms with van der Waals surface area (Å²) in [5.74, 6) is 0. The molecule has 7 heavy (non-hydrogen) atoms. The summed E-state index contributed by atoms with van der Waals surface area (Å²) in [6.45, 7) is 2.26. The molecule has 3 nitrogen and oxygen atoms in total. The first-order chi connectivity index (χ1) is 3.29. The SMILES string of the molecule is C[C@H]1CO[S@](=O)O1. The third kappa shape index (κ3) is 1.22. The van der Waals surface area contributed by atoms with Crippen LogP contribution >= 0.6 is 0 Å². The zero-order chi connectivity index (χ0) is 5.28. The van der Waals surface area contributed by atoms with Gasteiger partial charge in [-0.25, -0.2) is 0 Å². The maximum Gasteiger partial charge on any atom is 0.305 e. The molecule has 1 fully saturated rings. The van der Waals surface area contributed by atoms with Crippen LogP contribution in [0.15, 0.2) is 0 Å². The molecule has 0 amide bonds. The average Bonchev–Trinajstić information content (AvgIpc) is 1.87. The zero-order valence-corrected chi connectivity index (χ0v) is 4.73. The van der Waals surface area contributed by atoms with Crippen molar-refractivity contribution < 1.29 is 12.6 Å². The Morgan fingerprint density at radius 3 is 2.71 bits per heavy atom. The molecule has 4 heteroatoms. The van der Waals surface area contributed by atoms with Gasteiger partial charge < -0.3 is 0 Å². The monoisotopic (exact) mass is 122 g/mol. The van der Waals surface area contributed by atoms with Gasteiger partial charge in [0, 0.05) is 0 Å². The molecule has 0 radical (unpaired) electrons. The lowest BCUT2D eigenvalue weighted by molar-refractivity contribution is 0.262. The van der Waals surface area contributed by atoms with E-state index in [4.69, 9.17) is 0 Å². The summed E-state index contributed by atoms with van der Waals surface area (Å²) in [7, 11) is 0. The lowest BCUT2D eigenvalue weighted by Gasteiger charge is -1.88. The summed E-state index contributed by atoms with van der Waals surface area (Å²) in [5.41, 5.74) is 0. The molecule has 0 spiro atoms. The highest BCUT2D eigenvalue weighted by Gasteiger charge is 2.17. The van der Waals surface area contributed by atoms with Gasteiger partial charge in [0.15, 0.2) is 0 Å². The third-order valence-electron chi connectivity index (χ3n) is 0.642. The molecule has 0 aromatic heterocycles. The van der Waals surface area contributed by atoms with Gasteiger partial charge in [-0.3, -0.25) is 8.37 Å². The Morgan fingerprint density at radius 2 is 2.57 bits per heavy atom. The van der Waals surface area contributed by atoms with E-state index in [2.05, 4.69) is 8.37 Å². The van der Waals surface area contributed by atoms with Gasteiger partial charge in [-0.05, 0) is 6.92 Å². The summed E-state index contributed by atoms with van der Waals surface area (Å²) in [6.07, 6.45) is 0.000772. The Bertz CT molecular complexity index is 92.2. The Kier molecular flexibility index (Phi) is 1.41. The highest BCUT2D eigenvalue weighted by molar-refractivity contribution is 7.75. The lowest BCUT2D eigenvalue weighted by atomic mass is 10.5. The summed E-state index contributed by atoms with van der Waals surface area (Å²) >= 11 is -1.45. The number of hydrogen-bond donors (Lipinski definition) is 0. The first-order valence-electron chi connectivity index (χ1n) is 2.01. The van der Waals surface area contributed by atoms with Crippen LogP contribution in [-0.2, 0) is 19.7 Å². The van der Waals surface area contributed by atoms with Crippen molar-refractivity contribution >= 4 is 11.4 Å². The van der Waals surface area contributed by atoms with Gasteiger partial charge in [-0.2, -0.15) is 4.21 Å². The molecular formula is C3H6O3S. The van der Waals surface area contributed by atoms with Gasteiger partial charge in [0.05, 0.1) is 12.7 Å². The second-order valence-electron chi connectivity index (χ2n) is 1.40. The Labute approximate surface area is 44.5 Å². The van der Waals surface area contributed by atoms with Crippen molar-refractivity contribution in [3.05, 3.63) is 0 Å². The van der Waals surface area contributed by atoms with Gasteiger partial charge in [0.2, 0.25) is 0 Å². The van der Waals surface area contributed by atoms with Crippen LogP contribution in [-0.4, -0.2) is 16.9 Å². The average molecular weight is 122 g/mol. The smallest absolute Gasteiger partial charge is 0.266 e. The van der Waals surface area contributed by atoms with Crippen molar-refractivity contribution in [2.45, 2.75) is 13.0 Å². The van der Waals surface area contributed by atoms with E-state index in [1.54, 1.807) is 0 Å². The molecule has 0 N–H and O–H groups in total. The molecular weight excluding hydrogens is 116 g/mol. The molecule has 2 atom stereocenters. The first-order valence-corrected chi connectivity index (χ1v) is 3.01. The van der Waals surface area contributed by atoms with Crippen LogP contribution in [0, 0.1) is 0 Å². The maximum atomic E-state index is 10.1. The van der Waals surface area contributed by atoms with E-state index in [1.165, 1.54) is 0 Å². The van der Waals surface area contributed by atoms with E-state index >= 15 is 0 Å². The van der Waals surface area contributed by atoms with E-state index in [0.29, 0.717) is 6.61 Å². The van der Waals surface area contributed by atoms with E-state index < -0.39 is 11.4 Å². The van der Waals surface area contributed by atoms with Crippen LogP contribution in [0.3, 0.4) is 0 Å². The minimum atomic E-state index is -1.45. The van der Waals surface area contributed by atoms with Gasteiger partial charge in [-0.1, -0.05) is 0 Å². The second kappa shape index (κ2) is 1.90. The molecule has 1 saturated heterocycles. The lowest BCUT2D eigenvalue weighted by Crippen LogP contribution is -2.00. The van der Waals surface area contributed by atoms with Crippen LogP contribution in [0.25, 0.3) is 0 Å². The van der Waals surface area contributed by atoms with Crippen LogP contribution in [0.1, 0.15) is 6.92 Å². The van der Waals surface area contributed by atoms with Crippen molar-refractivity contribution in [3.63, 3.8) is 0 Å². The van der Waals surface area contributed by atoms with Crippen molar-refractivity contribution in [2.24, 2.45) is 0 Å². The number of rotatable bonds is 0.